The molecule has 4 nitrogen and oxygen atoms in total. The van der Waals surface area contributed by atoms with Crippen molar-refractivity contribution in [1.82, 2.24) is 10.3 Å². The van der Waals surface area contributed by atoms with Gasteiger partial charge in [-0.1, -0.05) is 19.1 Å². The molecule has 1 aromatic carbocycles. The first kappa shape index (κ1) is 15.3. The summed E-state index contributed by atoms with van der Waals surface area (Å²) in [4.78, 5) is 4.28. The van der Waals surface area contributed by atoms with Crippen molar-refractivity contribution in [1.29, 1.82) is 0 Å². The van der Waals surface area contributed by atoms with E-state index in [-0.39, 0.29) is 6.04 Å². The maximum absolute atomic E-state index is 6.09. The van der Waals surface area contributed by atoms with Crippen molar-refractivity contribution >= 4 is 5.82 Å². The fourth-order valence-corrected chi connectivity index (χ4v) is 2.35. The van der Waals surface area contributed by atoms with Crippen LogP contribution in [0.1, 0.15) is 36.1 Å². The second-order valence-corrected chi connectivity index (χ2v) is 5.15. The molecule has 0 amide bonds. The fourth-order valence-electron chi connectivity index (χ4n) is 2.35. The zero-order chi connectivity index (χ0) is 15.2. The van der Waals surface area contributed by atoms with Crippen LogP contribution in [0.15, 0.2) is 36.5 Å². The van der Waals surface area contributed by atoms with Gasteiger partial charge in [-0.25, -0.2) is 4.98 Å². The molecule has 3 N–H and O–H groups in total. The Morgan fingerprint density at radius 3 is 2.86 bits per heavy atom. The Morgan fingerprint density at radius 1 is 1.33 bits per heavy atom. The second-order valence-electron chi connectivity index (χ2n) is 5.15. The van der Waals surface area contributed by atoms with Crippen molar-refractivity contribution in [2.75, 3.05) is 19.4 Å². The van der Waals surface area contributed by atoms with Crippen LogP contribution in [0.4, 0.5) is 5.82 Å². The number of nitrogens with zero attached hydrogens (tertiary/aromatic N) is 1. The van der Waals surface area contributed by atoms with E-state index in [1.54, 1.807) is 13.3 Å². The van der Waals surface area contributed by atoms with Crippen LogP contribution in [-0.4, -0.2) is 18.6 Å². The van der Waals surface area contributed by atoms with E-state index < -0.39 is 0 Å². The lowest BCUT2D eigenvalue weighted by Gasteiger charge is -2.21. The normalized spacial score (nSPS) is 12.1. The maximum atomic E-state index is 6.09. The topological polar surface area (TPSA) is 60.2 Å². The zero-order valence-electron chi connectivity index (χ0n) is 12.9. The summed E-state index contributed by atoms with van der Waals surface area (Å²) in [5, 5.41) is 3.55. The maximum Gasteiger partial charge on any atom is 0.128 e. The molecule has 2 rings (SSSR count). The van der Waals surface area contributed by atoms with E-state index >= 15 is 0 Å². The molecule has 0 aliphatic carbocycles. The van der Waals surface area contributed by atoms with Crippen LogP contribution in [0.5, 0.6) is 5.75 Å². The summed E-state index contributed by atoms with van der Waals surface area (Å²) >= 11 is 0. The SMILES string of the molecule is CCCNC(c1cccc(OC)c1)c1cc(C)cnc1N. The Balaban J connectivity index is 2.44. The number of hydrogen-bond acceptors (Lipinski definition) is 4. The minimum atomic E-state index is 0.0208. The van der Waals surface area contributed by atoms with Gasteiger partial charge in [-0.05, 0) is 49.2 Å². The van der Waals surface area contributed by atoms with Crippen molar-refractivity contribution in [3.8, 4) is 5.75 Å². The van der Waals surface area contributed by atoms with Gasteiger partial charge in [0.1, 0.15) is 11.6 Å². The minimum absolute atomic E-state index is 0.0208. The third-order valence-electron chi connectivity index (χ3n) is 3.42. The van der Waals surface area contributed by atoms with Gasteiger partial charge >= 0.3 is 0 Å². The number of nitrogens with two attached hydrogens (primary N) is 1. The highest BCUT2D eigenvalue weighted by molar-refractivity contribution is 5.48. The van der Waals surface area contributed by atoms with Gasteiger partial charge in [0, 0.05) is 11.8 Å². The Kier molecular flexibility index (Phi) is 5.17. The minimum Gasteiger partial charge on any atom is -0.497 e. The van der Waals surface area contributed by atoms with Gasteiger partial charge in [0.25, 0.3) is 0 Å². The van der Waals surface area contributed by atoms with Crippen LogP contribution >= 0.6 is 0 Å². The first-order valence-electron chi connectivity index (χ1n) is 7.25. The quantitative estimate of drug-likeness (QED) is 0.856. The lowest BCUT2D eigenvalue weighted by atomic mass is 9.97. The number of nitrogens with one attached hydrogen (secondary N) is 1. The number of methoxy groups -OCH3 is 1. The summed E-state index contributed by atoms with van der Waals surface area (Å²) < 4.78 is 5.32. The average molecular weight is 285 g/mol. The van der Waals surface area contributed by atoms with Crippen molar-refractivity contribution in [2.45, 2.75) is 26.3 Å². The molecule has 1 atom stereocenters. The number of ether oxygens (including phenoxy) is 1. The molecule has 2 aromatic rings. The van der Waals surface area contributed by atoms with E-state index in [9.17, 15) is 0 Å². The lowest BCUT2D eigenvalue weighted by Crippen LogP contribution is -2.24. The van der Waals surface area contributed by atoms with E-state index in [4.69, 9.17) is 10.5 Å². The van der Waals surface area contributed by atoms with Gasteiger partial charge in [0.15, 0.2) is 0 Å². The Hall–Kier alpha value is -2.07. The van der Waals surface area contributed by atoms with Crippen LogP contribution in [0.25, 0.3) is 0 Å². The van der Waals surface area contributed by atoms with Gasteiger partial charge in [-0.15, -0.1) is 0 Å². The van der Waals surface area contributed by atoms with E-state index in [1.807, 2.05) is 25.1 Å². The summed E-state index contributed by atoms with van der Waals surface area (Å²) in [6.07, 6.45) is 2.85. The molecule has 0 saturated carbocycles. The monoisotopic (exact) mass is 285 g/mol. The standard InChI is InChI=1S/C17H23N3O/c1-4-8-19-16(13-6-5-7-14(10-13)21-3)15-9-12(2)11-20-17(15)18/h5-7,9-11,16,19H,4,8H2,1-3H3,(H2,18,20). The molecule has 0 saturated heterocycles. The van der Waals surface area contributed by atoms with Crippen molar-refractivity contribution in [2.24, 2.45) is 0 Å². The van der Waals surface area contributed by atoms with Crippen LogP contribution in [0.3, 0.4) is 0 Å². The average Bonchev–Trinajstić information content (AvgIpc) is 2.51. The third-order valence-corrected chi connectivity index (χ3v) is 3.42. The van der Waals surface area contributed by atoms with Crippen molar-refractivity contribution < 1.29 is 4.74 Å². The van der Waals surface area contributed by atoms with Gasteiger partial charge in [0.05, 0.1) is 13.2 Å². The molecule has 4 heteroatoms. The van der Waals surface area contributed by atoms with Crippen LogP contribution < -0.4 is 15.8 Å². The highest BCUT2D eigenvalue weighted by Gasteiger charge is 2.17. The molecule has 1 aromatic heterocycles. The van der Waals surface area contributed by atoms with Gasteiger partial charge < -0.3 is 15.8 Å². The molecule has 0 bridgehead atoms. The predicted molar refractivity (Wildman–Crippen MR) is 86.5 cm³/mol. The molecule has 0 aliphatic heterocycles. The number of pyridine rings is 1. The molecular formula is C17H23N3O. The van der Waals surface area contributed by atoms with Crippen LogP contribution in [-0.2, 0) is 0 Å². The molecule has 0 aliphatic rings. The second kappa shape index (κ2) is 7.09. The summed E-state index contributed by atoms with van der Waals surface area (Å²) in [5.74, 6) is 1.41. The highest BCUT2D eigenvalue weighted by atomic mass is 16.5. The molecule has 21 heavy (non-hydrogen) atoms. The molecule has 0 radical (unpaired) electrons. The summed E-state index contributed by atoms with van der Waals surface area (Å²) in [6, 6.07) is 10.2. The smallest absolute Gasteiger partial charge is 0.128 e. The Labute approximate surface area is 126 Å². The summed E-state index contributed by atoms with van der Waals surface area (Å²) in [6.45, 7) is 5.08. The summed E-state index contributed by atoms with van der Waals surface area (Å²) in [7, 11) is 1.68. The number of anilines is 1. The number of benzene rings is 1. The molecular weight excluding hydrogens is 262 g/mol. The van der Waals surface area contributed by atoms with Crippen LogP contribution in [0.2, 0.25) is 0 Å². The van der Waals surface area contributed by atoms with E-state index in [1.165, 1.54) is 0 Å². The van der Waals surface area contributed by atoms with Crippen molar-refractivity contribution in [3.63, 3.8) is 0 Å². The fraction of sp³-hybridized carbons (Fsp3) is 0.353. The molecule has 112 valence electrons. The van der Waals surface area contributed by atoms with E-state index in [0.29, 0.717) is 5.82 Å². The van der Waals surface area contributed by atoms with Gasteiger partial charge in [-0.2, -0.15) is 0 Å². The molecule has 1 unspecified atom stereocenters. The van der Waals surface area contributed by atoms with E-state index in [0.717, 1.165) is 35.4 Å². The molecule has 1 heterocycles. The van der Waals surface area contributed by atoms with Gasteiger partial charge in [-0.3, -0.25) is 0 Å². The third kappa shape index (κ3) is 3.73. The number of aryl methyl sites for hydroxylation is 1. The number of hydrogen-bond donors (Lipinski definition) is 2. The highest BCUT2D eigenvalue weighted by Crippen LogP contribution is 2.28. The first-order valence-corrected chi connectivity index (χ1v) is 7.25. The Morgan fingerprint density at radius 2 is 2.14 bits per heavy atom. The Bertz CT molecular complexity index is 598. The molecule has 0 spiro atoms. The lowest BCUT2D eigenvalue weighted by molar-refractivity contribution is 0.413. The van der Waals surface area contributed by atoms with Gasteiger partial charge in [0.2, 0.25) is 0 Å². The summed E-state index contributed by atoms with van der Waals surface area (Å²) in [5.41, 5.74) is 9.33. The number of aromatic nitrogens is 1. The first-order chi connectivity index (χ1) is 10.2. The number of rotatable bonds is 6. The van der Waals surface area contributed by atoms with Crippen molar-refractivity contribution in [3.05, 3.63) is 53.2 Å². The number of nitrogen functional groups attached to an aromatic ring is 1. The van der Waals surface area contributed by atoms with E-state index in [2.05, 4.69) is 29.4 Å². The zero-order valence-corrected chi connectivity index (χ0v) is 12.9. The largest absolute Gasteiger partial charge is 0.497 e. The predicted octanol–water partition coefficient (Wildman–Crippen LogP) is 3.07. The van der Waals surface area contributed by atoms with Crippen LogP contribution in [0, 0.1) is 6.92 Å². The molecule has 0 fully saturated rings.